The summed E-state index contributed by atoms with van der Waals surface area (Å²) in [6, 6.07) is 2.53. The molecule has 4 heteroatoms. The Morgan fingerprint density at radius 3 is 3.06 bits per heavy atom. The number of hydrogen-bond donors (Lipinski definition) is 0. The highest BCUT2D eigenvalue weighted by atomic mass is 35.5. The molecule has 0 aliphatic carbocycles. The third-order valence-corrected chi connectivity index (χ3v) is 3.64. The lowest BCUT2D eigenvalue weighted by Gasteiger charge is -2.37. The minimum Gasteiger partial charge on any atom is -0.367 e. The third-order valence-electron chi connectivity index (χ3n) is 3.13. The van der Waals surface area contributed by atoms with Gasteiger partial charge < -0.3 is 4.90 Å². The number of piperidine rings is 1. The Hall–Kier alpha value is -0.470. The first-order chi connectivity index (χ1) is 7.83. The number of alkyl halides is 1. The molecule has 1 aliphatic heterocycles. The maximum Gasteiger partial charge on any atom is 0.0822 e. The molecular formula is C12H16Cl2N2. The van der Waals surface area contributed by atoms with E-state index in [1.807, 2.05) is 6.07 Å². The first-order valence-electron chi connectivity index (χ1n) is 5.75. The summed E-state index contributed by atoms with van der Waals surface area (Å²) < 4.78 is 0. The summed E-state index contributed by atoms with van der Waals surface area (Å²) in [5, 5.41) is 0.740. The maximum atomic E-state index is 6.19. The van der Waals surface area contributed by atoms with Gasteiger partial charge in [-0.05, 0) is 31.7 Å². The second-order valence-corrected chi connectivity index (χ2v) is 4.93. The topological polar surface area (TPSA) is 16.1 Å². The Morgan fingerprint density at radius 1 is 1.44 bits per heavy atom. The van der Waals surface area contributed by atoms with Crippen LogP contribution in [-0.4, -0.2) is 23.5 Å². The van der Waals surface area contributed by atoms with Crippen molar-refractivity contribution in [2.24, 2.45) is 0 Å². The fraction of sp³-hybridized carbons (Fsp3) is 0.583. The highest BCUT2D eigenvalue weighted by Crippen LogP contribution is 2.31. The van der Waals surface area contributed by atoms with E-state index in [9.17, 15) is 0 Å². The van der Waals surface area contributed by atoms with Crippen molar-refractivity contribution in [3.05, 3.63) is 23.5 Å². The fourth-order valence-electron chi connectivity index (χ4n) is 2.34. The predicted molar refractivity (Wildman–Crippen MR) is 69.6 cm³/mol. The van der Waals surface area contributed by atoms with Crippen molar-refractivity contribution in [2.75, 3.05) is 17.3 Å². The highest BCUT2D eigenvalue weighted by Gasteiger charge is 2.23. The molecule has 1 unspecified atom stereocenters. The number of rotatable bonds is 3. The van der Waals surface area contributed by atoms with Crippen LogP contribution < -0.4 is 4.90 Å². The molecule has 1 aromatic rings. The summed E-state index contributed by atoms with van der Waals surface area (Å²) >= 11 is 12.0. The van der Waals surface area contributed by atoms with Crippen LogP contribution in [0.15, 0.2) is 18.5 Å². The molecule has 1 aromatic heterocycles. The smallest absolute Gasteiger partial charge is 0.0822 e. The van der Waals surface area contributed by atoms with Crippen molar-refractivity contribution in [1.29, 1.82) is 0 Å². The first kappa shape index (κ1) is 12.0. The maximum absolute atomic E-state index is 6.19. The number of anilines is 1. The van der Waals surface area contributed by atoms with E-state index in [0.717, 1.165) is 23.7 Å². The summed E-state index contributed by atoms with van der Waals surface area (Å²) in [5.74, 6) is 0.712. The van der Waals surface area contributed by atoms with Crippen LogP contribution in [0.4, 0.5) is 5.69 Å². The summed E-state index contributed by atoms with van der Waals surface area (Å²) in [6.07, 6.45) is 8.28. The zero-order chi connectivity index (χ0) is 11.4. The van der Waals surface area contributed by atoms with Crippen molar-refractivity contribution in [3.8, 4) is 0 Å². The predicted octanol–water partition coefficient (Wildman–Crippen LogP) is 3.72. The molecule has 0 bridgehead atoms. The largest absolute Gasteiger partial charge is 0.367 e. The molecule has 0 aromatic carbocycles. The van der Waals surface area contributed by atoms with Gasteiger partial charge in [0.15, 0.2) is 0 Å². The van der Waals surface area contributed by atoms with Gasteiger partial charge in [-0.25, -0.2) is 0 Å². The molecule has 2 nitrogen and oxygen atoms in total. The molecule has 0 spiro atoms. The van der Waals surface area contributed by atoms with Crippen molar-refractivity contribution >= 4 is 28.9 Å². The number of pyridine rings is 1. The van der Waals surface area contributed by atoms with Gasteiger partial charge in [-0.15, -0.1) is 11.6 Å². The van der Waals surface area contributed by atoms with Crippen LogP contribution in [0.5, 0.6) is 0 Å². The molecule has 0 amide bonds. The molecule has 88 valence electrons. The average molecular weight is 259 g/mol. The Balaban J connectivity index is 2.19. The monoisotopic (exact) mass is 258 g/mol. The lowest BCUT2D eigenvalue weighted by Crippen LogP contribution is -2.40. The molecule has 1 aliphatic rings. The lowest BCUT2D eigenvalue weighted by atomic mass is 9.99. The van der Waals surface area contributed by atoms with E-state index in [-0.39, 0.29) is 0 Å². The average Bonchev–Trinajstić information content (AvgIpc) is 2.31. The summed E-state index contributed by atoms with van der Waals surface area (Å²) in [6.45, 7) is 1.07. The van der Waals surface area contributed by atoms with Crippen molar-refractivity contribution < 1.29 is 0 Å². The molecule has 2 rings (SSSR count). The van der Waals surface area contributed by atoms with Crippen LogP contribution in [0, 0.1) is 0 Å². The van der Waals surface area contributed by atoms with Crippen molar-refractivity contribution in [2.45, 2.75) is 31.7 Å². The van der Waals surface area contributed by atoms with Crippen LogP contribution in [-0.2, 0) is 0 Å². The number of nitrogens with zero attached hydrogens (tertiary/aromatic N) is 2. The van der Waals surface area contributed by atoms with E-state index in [1.165, 1.54) is 19.3 Å². The van der Waals surface area contributed by atoms with Gasteiger partial charge in [0.05, 0.1) is 10.7 Å². The van der Waals surface area contributed by atoms with Crippen LogP contribution in [0.3, 0.4) is 0 Å². The van der Waals surface area contributed by atoms with Gasteiger partial charge in [-0.1, -0.05) is 11.6 Å². The molecule has 1 atom stereocenters. The third kappa shape index (κ3) is 2.61. The summed E-state index contributed by atoms with van der Waals surface area (Å²) in [7, 11) is 0. The molecule has 16 heavy (non-hydrogen) atoms. The second kappa shape index (κ2) is 5.74. The zero-order valence-electron chi connectivity index (χ0n) is 9.20. The molecule has 1 saturated heterocycles. The molecule has 0 saturated carbocycles. The minimum absolute atomic E-state index is 0.533. The Morgan fingerprint density at radius 2 is 2.31 bits per heavy atom. The lowest BCUT2D eigenvalue weighted by molar-refractivity contribution is 0.451. The van der Waals surface area contributed by atoms with Gasteiger partial charge in [0, 0.05) is 30.9 Å². The molecule has 2 heterocycles. The Kier molecular flexibility index (Phi) is 4.30. The van der Waals surface area contributed by atoms with E-state index < -0.39 is 0 Å². The number of halogens is 2. The highest BCUT2D eigenvalue weighted by molar-refractivity contribution is 6.33. The minimum atomic E-state index is 0.533. The quantitative estimate of drug-likeness (QED) is 0.769. The Bertz CT molecular complexity index is 342. The van der Waals surface area contributed by atoms with E-state index in [1.54, 1.807) is 12.4 Å². The van der Waals surface area contributed by atoms with Gasteiger partial charge in [-0.3, -0.25) is 4.98 Å². The summed E-state index contributed by atoms with van der Waals surface area (Å²) in [5.41, 5.74) is 1.10. The molecular weight excluding hydrogens is 243 g/mol. The zero-order valence-corrected chi connectivity index (χ0v) is 10.7. The normalized spacial score (nSPS) is 21.1. The van der Waals surface area contributed by atoms with E-state index in [4.69, 9.17) is 23.2 Å². The first-order valence-corrected chi connectivity index (χ1v) is 6.66. The van der Waals surface area contributed by atoms with Crippen LogP contribution in [0.25, 0.3) is 0 Å². The standard InChI is InChI=1S/C12H16Cl2N2/c13-6-4-10-3-1-2-8-16(10)12-5-7-15-9-11(12)14/h5,7,9-10H,1-4,6,8H2. The Labute approximate surface area is 107 Å². The summed E-state index contributed by atoms with van der Waals surface area (Å²) in [4.78, 5) is 6.41. The van der Waals surface area contributed by atoms with Crippen molar-refractivity contribution in [1.82, 2.24) is 4.98 Å². The number of hydrogen-bond acceptors (Lipinski definition) is 2. The van der Waals surface area contributed by atoms with E-state index in [0.29, 0.717) is 11.9 Å². The van der Waals surface area contributed by atoms with Gasteiger partial charge in [0.25, 0.3) is 0 Å². The second-order valence-electron chi connectivity index (χ2n) is 4.15. The van der Waals surface area contributed by atoms with Gasteiger partial charge in [0.2, 0.25) is 0 Å². The van der Waals surface area contributed by atoms with Crippen LogP contribution >= 0.6 is 23.2 Å². The van der Waals surface area contributed by atoms with E-state index in [2.05, 4.69) is 9.88 Å². The van der Waals surface area contributed by atoms with Crippen LogP contribution in [0.1, 0.15) is 25.7 Å². The van der Waals surface area contributed by atoms with Crippen molar-refractivity contribution in [3.63, 3.8) is 0 Å². The SMILES string of the molecule is ClCCC1CCCCN1c1ccncc1Cl. The fourth-order valence-corrected chi connectivity index (χ4v) is 2.82. The molecule has 1 fully saturated rings. The van der Waals surface area contributed by atoms with Gasteiger partial charge in [0.1, 0.15) is 0 Å². The number of aromatic nitrogens is 1. The molecule has 0 radical (unpaired) electrons. The van der Waals surface area contributed by atoms with Gasteiger partial charge >= 0.3 is 0 Å². The van der Waals surface area contributed by atoms with Crippen LogP contribution in [0.2, 0.25) is 5.02 Å². The molecule has 0 N–H and O–H groups in total. The van der Waals surface area contributed by atoms with E-state index >= 15 is 0 Å². The van der Waals surface area contributed by atoms with Gasteiger partial charge in [-0.2, -0.15) is 0 Å².